The van der Waals surface area contributed by atoms with Gasteiger partial charge >= 0.3 is 6.03 Å². The van der Waals surface area contributed by atoms with E-state index >= 15 is 0 Å². The molecule has 3 aromatic rings. The Morgan fingerprint density at radius 2 is 1.80 bits per heavy atom. The number of hydrogen-bond donors (Lipinski definition) is 2. The molecule has 2 aromatic carbocycles. The lowest BCUT2D eigenvalue weighted by Gasteiger charge is -2.14. The second-order valence-electron chi connectivity index (χ2n) is 5.29. The third-order valence-corrected chi connectivity index (χ3v) is 4.63. The predicted octanol–water partition coefficient (Wildman–Crippen LogP) is 4.47. The number of aromatic nitrogens is 2. The van der Waals surface area contributed by atoms with Crippen molar-refractivity contribution in [3.63, 3.8) is 0 Å². The molecule has 0 atom stereocenters. The van der Waals surface area contributed by atoms with Gasteiger partial charge in [-0.1, -0.05) is 65.4 Å². The fraction of sp³-hybridized carbons (Fsp3) is 0.118. The van der Waals surface area contributed by atoms with Crippen molar-refractivity contribution < 1.29 is 4.79 Å². The van der Waals surface area contributed by atoms with Crippen molar-refractivity contribution >= 4 is 44.9 Å². The number of anilines is 3. The largest absolute Gasteiger partial charge is 0.345 e. The van der Waals surface area contributed by atoms with Crippen LogP contribution in [0.1, 0.15) is 5.56 Å². The van der Waals surface area contributed by atoms with Crippen molar-refractivity contribution in [2.45, 2.75) is 6.54 Å². The van der Waals surface area contributed by atoms with Gasteiger partial charge in [0.15, 0.2) is 0 Å². The molecule has 0 radical (unpaired) electrons. The zero-order chi connectivity index (χ0) is 17.6. The van der Waals surface area contributed by atoms with Gasteiger partial charge in [-0.3, -0.25) is 5.32 Å². The first-order valence-electron chi connectivity index (χ1n) is 7.53. The fourth-order valence-electron chi connectivity index (χ4n) is 2.16. The minimum Gasteiger partial charge on any atom is -0.345 e. The molecule has 3 rings (SSSR count). The van der Waals surface area contributed by atoms with Crippen LogP contribution in [0.4, 0.5) is 20.7 Å². The zero-order valence-corrected chi connectivity index (χ0v) is 15.0. The van der Waals surface area contributed by atoms with Crippen LogP contribution in [0.2, 0.25) is 5.02 Å². The second-order valence-corrected chi connectivity index (χ2v) is 6.65. The molecule has 25 heavy (non-hydrogen) atoms. The van der Waals surface area contributed by atoms with Crippen molar-refractivity contribution in [1.82, 2.24) is 10.2 Å². The first-order valence-corrected chi connectivity index (χ1v) is 8.72. The predicted molar refractivity (Wildman–Crippen MR) is 103 cm³/mol. The lowest BCUT2D eigenvalue weighted by Crippen LogP contribution is -2.19. The van der Waals surface area contributed by atoms with Crippen LogP contribution in [0.15, 0.2) is 54.6 Å². The number of urea groups is 1. The molecule has 0 fully saturated rings. The Balaban J connectivity index is 1.59. The number of rotatable bonds is 5. The maximum atomic E-state index is 12.0. The summed E-state index contributed by atoms with van der Waals surface area (Å²) in [6, 6.07) is 16.7. The van der Waals surface area contributed by atoms with Crippen molar-refractivity contribution in [2.24, 2.45) is 0 Å². The molecule has 1 aromatic heterocycles. The third-order valence-electron chi connectivity index (χ3n) is 3.35. The normalized spacial score (nSPS) is 10.3. The number of benzene rings is 2. The summed E-state index contributed by atoms with van der Waals surface area (Å²) in [4.78, 5) is 14.0. The van der Waals surface area contributed by atoms with E-state index in [0.29, 0.717) is 22.4 Å². The molecule has 0 aliphatic rings. The summed E-state index contributed by atoms with van der Waals surface area (Å²) in [5.41, 5.74) is 1.71. The number of hydrogen-bond acceptors (Lipinski definition) is 5. The van der Waals surface area contributed by atoms with Gasteiger partial charge < -0.3 is 10.2 Å². The van der Waals surface area contributed by atoms with Crippen molar-refractivity contribution in [2.75, 3.05) is 22.6 Å². The van der Waals surface area contributed by atoms with Gasteiger partial charge in [-0.25, -0.2) is 4.79 Å². The van der Waals surface area contributed by atoms with Gasteiger partial charge in [-0.2, -0.15) is 0 Å². The number of halogens is 1. The summed E-state index contributed by atoms with van der Waals surface area (Å²) < 4.78 is 0. The van der Waals surface area contributed by atoms with E-state index in [9.17, 15) is 4.79 Å². The minimum atomic E-state index is -0.415. The summed E-state index contributed by atoms with van der Waals surface area (Å²) >= 11 is 7.32. The minimum absolute atomic E-state index is 0.415. The lowest BCUT2D eigenvalue weighted by molar-refractivity contribution is 0.262. The van der Waals surface area contributed by atoms with E-state index in [2.05, 4.69) is 20.8 Å². The monoisotopic (exact) mass is 373 g/mol. The Morgan fingerprint density at radius 3 is 2.56 bits per heavy atom. The van der Waals surface area contributed by atoms with Crippen LogP contribution in [-0.4, -0.2) is 23.3 Å². The van der Waals surface area contributed by atoms with Gasteiger partial charge in [0.2, 0.25) is 10.3 Å². The summed E-state index contributed by atoms with van der Waals surface area (Å²) in [6.45, 7) is 0.710. The molecule has 0 saturated carbocycles. The van der Waals surface area contributed by atoms with Crippen molar-refractivity contribution in [1.29, 1.82) is 0 Å². The summed E-state index contributed by atoms with van der Waals surface area (Å²) in [7, 11) is 1.93. The summed E-state index contributed by atoms with van der Waals surface area (Å²) in [5.74, 6) is 0. The number of amides is 2. The average molecular weight is 374 g/mol. The molecular weight excluding hydrogens is 358 g/mol. The summed E-state index contributed by atoms with van der Waals surface area (Å²) in [6.07, 6.45) is 0. The van der Waals surface area contributed by atoms with Gasteiger partial charge in [0.05, 0.1) is 10.7 Å². The third kappa shape index (κ3) is 4.68. The molecule has 0 unspecified atom stereocenters. The molecule has 2 N–H and O–H groups in total. The molecule has 8 heteroatoms. The highest BCUT2D eigenvalue weighted by Gasteiger charge is 2.12. The highest BCUT2D eigenvalue weighted by Crippen LogP contribution is 2.25. The van der Waals surface area contributed by atoms with Crippen LogP contribution >= 0.6 is 22.9 Å². The van der Waals surface area contributed by atoms with Gasteiger partial charge in [0, 0.05) is 13.6 Å². The first-order chi connectivity index (χ1) is 12.1. The van der Waals surface area contributed by atoms with Crippen LogP contribution in [0.25, 0.3) is 0 Å². The Labute approximate surface area is 154 Å². The fourth-order valence-corrected chi connectivity index (χ4v) is 3.04. The van der Waals surface area contributed by atoms with E-state index in [1.165, 1.54) is 16.9 Å². The Kier molecular flexibility index (Phi) is 5.47. The van der Waals surface area contributed by atoms with Crippen LogP contribution in [0.3, 0.4) is 0 Å². The smallest absolute Gasteiger partial charge is 0.325 e. The van der Waals surface area contributed by atoms with Crippen LogP contribution in [0, 0.1) is 0 Å². The van der Waals surface area contributed by atoms with Gasteiger partial charge in [-0.05, 0) is 17.7 Å². The van der Waals surface area contributed by atoms with E-state index in [-0.39, 0.29) is 0 Å². The van der Waals surface area contributed by atoms with E-state index < -0.39 is 6.03 Å². The lowest BCUT2D eigenvalue weighted by atomic mass is 10.2. The standard InChI is InChI=1S/C17H16ClN5OS/c1-23(11-12-7-3-2-4-8-12)17-22-21-16(25-17)20-15(24)19-14-10-6-5-9-13(14)18/h2-10H,11H2,1H3,(H2,19,20,21,24). The second kappa shape index (κ2) is 7.96. The Bertz CT molecular complexity index is 855. The van der Waals surface area contributed by atoms with Crippen LogP contribution in [-0.2, 0) is 6.54 Å². The molecule has 1 heterocycles. The molecule has 128 valence electrons. The zero-order valence-electron chi connectivity index (χ0n) is 13.4. The number of para-hydroxylation sites is 1. The Hall–Kier alpha value is -2.64. The number of carbonyl (C=O) groups excluding carboxylic acids is 1. The number of nitrogens with zero attached hydrogens (tertiary/aromatic N) is 3. The number of nitrogens with one attached hydrogen (secondary N) is 2. The van der Waals surface area contributed by atoms with Gasteiger partial charge in [0.25, 0.3) is 0 Å². The van der Waals surface area contributed by atoms with Gasteiger partial charge in [-0.15, -0.1) is 10.2 Å². The molecule has 0 aliphatic heterocycles. The summed E-state index contributed by atoms with van der Waals surface area (Å²) in [5, 5.41) is 15.1. The molecule has 0 aliphatic carbocycles. The van der Waals surface area contributed by atoms with Crippen LogP contribution in [0.5, 0.6) is 0 Å². The highest BCUT2D eigenvalue weighted by atomic mass is 35.5. The maximum absolute atomic E-state index is 12.0. The molecule has 2 amide bonds. The maximum Gasteiger partial charge on any atom is 0.325 e. The Morgan fingerprint density at radius 1 is 1.08 bits per heavy atom. The number of carbonyl (C=O) groups is 1. The van der Waals surface area contributed by atoms with Crippen molar-refractivity contribution in [3.8, 4) is 0 Å². The highest BCUT2D eigenvalue weighted by molar-refractivity contribution is 7.19. The van der Waals surface area contributed by atoms with E-state index in [0.717, 1.165) is 5.13 Å². The quantitative estimate of drug-likeness (QED) is 0.692. The van der Waals surface area contributed by atoms with Crippen molar-refractivity contribution in [3.05, 3.63) is 65.2 Å². The van der Waals surface area contributed by atoms with Gasteiger partial charge in [0.1, 0.15) is 0 Å². The van der Waals surface area contributed by atoms with Crippen LogP contribution < -0.4 is 15.5 Å². The van der Waals surface area contributed by atoms with E-state index in [1.54, 1.807) is 24.3 Å². The molecule has 0 saturated heterocycles. The molecule has 0 bridgehead atoms. The molecular formula is C17H16ClN5OS. The van der Waals surface area contributed by atoms with E-state index in [1.807, 2.05) is 42.3 Å². The SMILES string of the molecule is CN(Cc1ccccc1)c1nnc(NC(=O)Nc2ccccc2Cl)s1. The molecule has 0 spiro atoms. The molecule has 6 nitrogen and oxygen atoms in total. The first kappa shape index (κ1) is 17.2. The topological polar surface area (TPSA) is 70.2 Å². The average Bonchev–Trinajstić information content (AvgIpc) is 3.06. The van der Waals surface area contributed by atoms with E-state index in [4.69, 9.17) is 11.6 Å².